The molecule has 3 heteroatoms. The van der Waals surface area contributed by atoms with E-state index in [1.54, 1.807) is 0 Å². The standard InChI is InChI=1S/C14H16BrNS/c1-9(2)8-13-16-14(10(3)17-13)11-6-4-5-7-12(11)15/h4-7,9H,8H2,1-3H3. The molecule has 1 aromatic heterocycles. The number of thiazole rings is 1. The van der Waals surface area contributed by atoms with Crippen LogP contribution in [0.1, 0.15) is 23.7 Å². The molecule has 90 valence electrons. The van der Waals surface area contributed by atoms with Crippen molar-refractivity contribution < 1.29 is 0 Å². The van der Waals surface area contributed by atoms with Crippen molar-refractivity contribution in [2.24, 2.45) is 5.92 Å². The second-order valence-electron chi connectivity index (χ2n) is 4.59. The SMILES string of the molecule is Cc1sc(CC(C)C)nc1-c1ccccc1Br. The zero-order valence-electron chi connectivity index (χ0n) is 10.3. The normalized spacial score (nSPS) is 11.1. The first-order valence-electron chi connectivity index (χ1n) is 5.79. The fourth-order valence-corrected chi connectivity index (χ4v) is 3.42. The van der Waals surface area contributed by atoms with Crippen LogP contribution in [-0.2, 0) is 6.42 Å². The summed E-state index contributed by atoms with van der Waals surface area (Å²) in [6.07, 6.45) is 1.07. The number of benzene rings is 1. The van der Waals surface area contributed by atoms with Gasteiger partial charge in [-0.1, -0.05) is 48.0 Å². The van der Waals surface area contributed by atoms with Crippen LogP contribution in [0, 0.1) is 12.8 Å². The van der Waals surface area contributed by atoms with Crippen molar-refractivity contribution in [2.45, 2.75) is 27.2 Å². The first kappa shape index (κ1) is 12.8. The maximum Gasteiger partial charge on any atom is 0.0937 e. The Labute approximate surface area is 115 Å². The second kappa shape index (κ2) is 5.32. The lowest BCUT2D eigenvalue weighted by Gasteiger charge is -2.01. The Bertz CT molecular complexity index is 517. The summed E-state index contributed by atoms with van der Waals surface area (Å²) in [5, 5.41) is 1.24. The van der Waals surface area contributed by atoms with Gasteiger partial charge in [0.05, 0.1) is 10.7 Å². The quantitative estimate of drug-likeness (QED) is 0.770. The molecule has 0 unspecified atom stereocenters. The van der Waals surface area contributed by atoms with Crippen molar-refractivity contribution in [1.82, 2.24) is 4.98 Å². The van der Waals surface area contributed by atoms with Crippen LogP contribution in [0.15, 0.2) is 28.7 Å². The number of aromatic nitrogens is 1. The molecule has 2 rings (SSSR count). The van der Waals surface area contributed by atoms with E-state index in [2.05, 4.69) is 54.9 Å². The first-order valence-corrected chi connectivity index (χ1v) is 7.40. The number of nitrogens with zero attached hydrogens (tertiary/aromatic N) is 1. The van der Waals surface area contributed by atoms with Crippen molar-refractivity contribution in [2.75, 3.05) is 0 Å². The summed E-state index contributed by atoms with van der Waals surface area (Å²) in [6, 6.07) is 8.27. The zero-order chi connectivity index (χ0) is 12.4. The molecule has 1 aromatic carbocycles. The van der Waals surface area contributed by atoms with Crippen molar-refractivity contribution >= 4 is 27.3 Å². The predicted octanol–water partition coefficient (Wildman–Crippen LogP) is 5.08. The third-order valence-corrected chi connectivity index (χ3v) is 4.24. The highest BCUT2D eigenvalue weighted by Gasteiger charge is 2.12. The molecule has 0 bridgehead atoms. The number of rotatable bonds is 3. The van der Waals surface area contributed by atoms with Crippen molar-refractivity contribution in [3.63, 3.8) is 0 Å². The van der Waals surface area contributed by atoms with Crippen molar-refractivity contribution in [3.05, 3.63) is 38.6 Å². The van der Waals surface area contributed by atoms with Crippen LogP contribution in [0.25, 0.3) is 11.3 Å². The van der Waals surface area contributed by atoms with Gasteiger partial charge in [-0.2, -0.15) is 0 Å². The van der Waals surface area contributed by atoms with Gasteiger partial charge in [-0.25, -0.2) is 4.98 Å². The summed E-state index contributed by atoms with van der Waals surface area (Å²) >= 11 is 5.41. The molecule has 17 heavy (non-hydrogen) atoms. The van der Waals surface area contributed by atoms with Crippen LogP contribution in [0.2, 0.25) is 0 Å². The molecule has 0 saturated carbocycles. The molecule has 0 N–H and O–H groups in total. The zero-order valence-corrected chi connectivity index (χ0v) is 12.7. The van der Waals surface area contributed by atoms with Crippen LogP contribution in [0.5, 0.6) is 0 Å². The summed E-state index contributed by atoms with van der Waals surface area (Å²) in [5.74, 6) is 0.660. The summed E-state index contributed by atoms with van der Waals surface area (Å²) in [7, 11) is 0. The topological polar surface area (TPSA) is 12.9 Å². The minimum absolute atomic E-state index is 0.660. The number of halogens is 1. The fourth-order valence-electron chi connectivity index (χ4n) is 1.79. The Morgan fingerprint density at radius 3 is 2.65 bits per heavy atom. The summed E-state index contributed by atoms with van der Waals surface area (Å²) in [6.45, 7) is 6.61. The molecule has 0 aliphatic heterocycles. The molecule has 0 aliphatic rings. The largest absolute Gasteiger partial charge is 0.241 e. The third kappa shape index (κ3) is 2.96. The van der Waals surface area contributed by atoms with Gasteiger partial charge in [-0.05, 0) is 18.9 Å². The van der Waals surface area contributed by atoms with Crippen LogP contribution < -0.4 is 0 Å². The smallest absolute Gasteiger partial charge is 0.0937 e. The molecular weight excluding hydrogens is 294 g/mol. The van der Waals surface area contributed by atoms with Gasteiger partial charge in [-0.15, -0.1) is 11.3 Å². The molecule has 0 spiro atoms. The molecule has 1 nitrogen and oxygen atoms in total. The summed E-state index contributed by atoms with van der Waals surface area (Å²) < 4.78 is 1.12. The molecule has 2 aromatic rings. The lowest BCUT2D eigenvalue weighted by molar-refractivity contribution is 0.645. The Kier molecular flexibility index (Phi) is 4.00. The van der Waals surface area contributed by atoms with Gasteiger partial charge in [-0.3, -0.25) is 0 Å². The fraction of sp³-hybridized carbons (Fsp3) is 0.357. The van der Waals surface area contributed by atoms with Crippen LogP contribution in [0.4, 0.5) is 0 Å². The van der Waals surface area contributed by atoms with Gasteiger partial charge in [0.1, 0.15) is 0 Å². The lowest BCUT2D eigenvalue weighted by Crippen LogP contribution is -1.92. The van der Waals surface area contributed by atoms with Crippen LogP contribution in [0.3, 0.4) is 0 Å². The van der Waals surface area contributed by atoms with E-state index in [9.17, 15) is 0 Å². The van der Waals surface area contributed by atoms with E-state index >= 15 is 0 Å². The molecule has 0 radical (unpaired) electrons. The van der Waals surface area contributed by atoms with Gasteiger partial charge in [0.2, 0.25) is 0 Å². The predicted molar refractivity (Wildman–Crippen MR) is 78.5 cm³/mol. The highest BCUT2D eigenvalue weighted by Crippen LogP contribution is 2.33. The highest BCUT2D eigenvalue weighted by atomic mass is 79.9. The van der Waals surface area contributed by atoms with Crippen molar-refractivity contribution in [1.29, 1.82) is 0 Å². The monoisotopic (exact) mass is 309 g/mol. The molecule has 0 saturated heterocycles. The van der Waals surface area contributed by atoms with Gasteiger partial charge < -0.3 is 0 Å². The minimum Gasteiger partial charge on any atom is -0.241 e. The van der Waals surface area contributed by atoms with Gasteiger partial charge >= 0.3 is 0 Å². The summed E-state index contributed by atoms with van der Waals surface area (Å²) in [5.41, 5.74) is 2.31. The maximum atomic E-state index is 4.77. The maximum absolute atomic E-state index is 4.77. The van der Waals surface area contributed by atoms with Gasteiger partial charge in [0, 0.05) is 21.3 Å². The Hall–Kier alpha value is -0.670. The molecule has 1 heterocycles. The van der Waals surface area contributed by atoms with Gasteiger partial charge in [0.15, 0.2) is 0 Å². The lowest BCUT2D eigenvalue weighted by atomic mass is 10.1. The second-order valence-corrected chi connectivity index (χ2v) is 6.73. The third-order valence-electron chi connectivity index (χ3n) is 2.55. The minimum atomic E-state index is 0.660. The molecule has 0 amide bonds. The number of aryl methyl sites for hydroxylation is 1. The van der Waals surface area contributed by atoms with Crippen LogP contribution in [-0.4, -0.2) is 4.98 Å². The van der Waals surface area contributed by atoms with Crippen LogP contribution >= 0.6 is 27.3 Å². The Morgan fingerprint density at radius 2 is 2.00 bits per heavy atom. The van der Waals surface area contributed by atoms with E-state index < -0.39 is 0 Å². The highest BCUT2D eigenvalue weighted by molar-refractivity contribution is 9.10. The van der Waals surface area contributed by atoms with E-state index in [1.807, 2.05) is 17.4 Å². The Morgan fingerprint density at radius 1 is 1.29 bits per heavy atom. The molecule has 0 atom stereocenters. The first-order chi connectivity index (χ1) is 8.08. The number of hydrogen-bond acceptors (Lipinski definition) is 2. The Balaban J connectivity index is 2.40. The van der Waals surface area contributed by atoms with E-state index in [4.69, 9.17) is 4.98 Å². The number of hydrogen-bond donors (Lipinski definition) is 0. The van der Waals surface area contributed by atoms with E-state index in [0.717, 1.165) is 16.6 Å². The molecule has 0 fully saturated rings. The molecular formula is C14H16BrNS. The van der Waals surface area contributed by atoms with E-state index in [-0.39, 0.29) is 0 Å². The van der Waals surface area contributed by atoms with Gasteiger partial charge in [0.25, 0.3) is 0 Å². The average Bonchev–Trinajstić information content (AvgIpc) is 2.59. The van der Waals surface area contributed by atoms with E-state index in [0.29, 0.717) is 5.92 Å². The summed E-state index contributed by atoms with van der Waals surface area (Å²) in [4.78, 5) is 6.07. The molecule has 0 aliphatic carbocycles. The average molecular weight is 310 g/mol. The van der Waals surface area contributed by atoms with Crippen molar-refractivity contribution in [3.8, 4) is 11.3 Å². The van der Waals surface area contributed by atoms with E-state index in [1.165, 1.54) is 15.4 Å².